The van der Waals surface area contributed by atoms with Crippen LogP contribution in [0, 0.1) is 6.92 Å². The predicted molar refractivity (Wildman–Crippen MR) is 121 cm³/mol. The lowest BCUT2D eigenvalue weighted by molar-refractivity contribution is 0.0766. The SMILES string of the molecule is Cc1ccc(Cc2nsc(N3CCCN(C(=O)c4ccccc4Br)CC3)n2)cc1. The first kappa shape index (κ1) is 20.0. The molecule has 0 unspecified atom stereocenters. The van der Waals surface area contributed by atoms with Gasteiger partial charge in [-0.1, -0.05) is 42.0 Å². The molecule has 5 nitrogen and oxygen atoms in total. The molecule has 29 heavy (non-hydrogen) atoms. The zero-order chi connectivity index (χ0) is 20.2. The molecule has 2 heterocycles. The highest BCUT2D eigenvalue weighted by molar-refractivity contribution is 9.10. The molecule has 0 radical (unpaired) electrons. The third-order valence-electron chi connectivity index (χ3n) is 5.10. The summed E-state index contributed by atoms with van der Waals surface area (Å²) in [5, 5.41) is 0.947. The average molecular weight is 471 g/mol. The van der Waals surface area contributed by atoms with Gasteiger partial charge < -0.3 is 9.80 Å². The van der Waals surface area contributed by atoms with E-state index >= 15 is 0 Å². The number of hydrogen-bond acceptors (Lipinski definition) is 5. The molecule has 1 aromatic heterocycles. The Morgan fingerprint density at radius 3 is 2.66 bits per heavy atom. The fourth-order valence-electron chi connectivity index (χ4n) is 3.45. The third kappa shape index (κ3) is 4.85. The summed E-state index contributed by atoms with van der Waals surface area (Å²) in [6.45, 7) is 5.19. The van der Waals surface area contributed by atoms with Crippen LogP contribution in [0.1, 0.15) is 33.7 Å². The molecule has 0 saturated carbocycles. The van der Waals surface area contributed by atoms with Crippen LogP contribution in [0.3, 0.4) is 0 Å². The van der Waals surface area contributed by atoms with Gasteiger partial charge in [0.25, 0.3) is 5.91 Å². The van der Waals surface area contributed by atoms with E-state index in [0.29, 0.717) is 6.54 Å². The number of anilines is 1. The number of aryl methyl sites for hydroxylation is 1. The summed E-state index contributed by atoms with van der Waals surface area (Å²) < 4.78 is 5.40. The molecule has 0 bridgehead atoms. The van der Waals surface area contributed by atoms with Crippen LogP contribution in [-0.2, 0) is 6.42 Å². The fraction of sp³-hybridized carbons (Fsp3) is 0.318. The second-order valence-corrected chi connectivity index (χ2v) is 8.85. The zero-order valence-electron chi connectivity index (χ0n) is 16.3. The van der Waals surface area contributed by atoms with Crippen LogP contribution in [-0.4, -0.2) is 46.3 Å². The number of rotatable bonds is 4. The van der Waals surface area contributed by atoms with E-state index in [4.69, 9.17) is 4.98 Å². The van der Waals surface area contributed by atoms with Crippen molar-refractivity contribution in [1.29, 1.82) is 0 Å². The largest absolute Gasteiger partial charge is 0.345 e. The first-order valence-electron chi connectivity index (χ1n) is 9.77. The van der Waals surface area contributed by atoms with Crippen LogP contribution in [0.25, 0.3) is 0 Å². The van der Waals surface area contributed by atoms with Crippen molar-refractivity contribution in [2.75, 3.05) is 31.1 Å². The van der Waals surface area contributed by atoms with Crippen LogP contribution in [0.5, 0.6) is 0 Å². The van der Waals surface area contributed by atoms with Crippen molar-refractivity contribution in [3.8, 4) is 0 Å². The van der Waals surface area contributed by atoms with Crippen molar-refractivity contribution in [2.45, 2.75) is 19.8 Å². The van der Waals surface area contributed by atoms with Gasteiger partial charge in [0.15, 0.2) is 0 Å². The Morgan fingerprint density at radius 1 is 1.07 bits per heavy atom. The maximum atomic E-state index is 12.9. The second kappa shape index (κ2) is 9.05. The molecule has 2 aromatic carbocycles. The van der Waals surface area contributed by atoms with Crippen LogP contribution in [0.2, 0.25) is 0 Å². The lowest BCUT2D eigenvalue weighted by atomic mass is 10.1. The van der Waals surface area contributed by atoms with Gasteiger partial charge in [-0.05, 0) is 47.0 Å². The van der Waals surface area contributed by atoms with Gasteiger partial charge in [-0.15, -0.1) is 0 Å². The van der Waals surface area contributed by atoms with Gasteiger partial charge in [-0.2, -0.15) is 4.37 Å². The zero-order valence-corrected chi connectivity index (χ0v) is 18.7. The summed E-state index contributed by atoms with van der Waals surface area (Å²) in [4.78, 5) is 21.9. The van der Waals surface area contributed by atoms with Gasteiger partial charge in [0.2, 0.25) is 5.13 Å². The van der Waals surface area contributed by atoms with Crippen LogP contribution in [0.15, 0.2) is 53.0 Å². The molecule has 1 saturated heterocycles. The number of nitrogens with zero attached hydrogens (tertiary/aromatic N) is 4. The van der Waals surface area contributed by atoms with Gasteiger partial charge >= 0.3 is 0 Å². The van der Waals surface area contributed by atoms with Crippen molar-refractivity contribution in [3.05, 3.63) is 75.5 Å². The van der Waals surface area contributed by atoms with Crippen LogP contribution >= 0.6 is 27.5 Å². The number of halogens is 1. The van der Waals surface area contributed by atoms with E-state index in [9.17, 15) is 4.79 Å². The average Bonchev–Trinajstić information content (AvgIpc) is 3.04. The van der Waals surface area contributed by atoms with Gasteiger partial charge in [-0.3, -0.25) is 4.79 Å². The minimum atomic E-state index is 0.0802. The van der Waals surface area contributed by atoms with Gasteiger partial charge in [0, 0.05) is 48.6 Å². The minimum absolute atomic E-state index is 0.0802. The Hall–Kier alpha value is -2.25. The molecule has 0 aliphatic carbocycles. The number of benzene rings is 2. The van der Waals surface area contributed by atoms with Crippen molar-refractivity contribution >= 4 is 38.5 Å². The lowest BCUT2D eigenvalue weighted by Crippen LogP contribution is -2.35. The number of hydrogen-bond donors (Lipinski definition) is 0. The number of carbonyl (C=O) groups excluding carboxylic acids is 1. The number of aromatic nitrogens is 2. The molecule has 4 rings (SSSR count). The molecule has 1 fully saturated rings. The molecular weight excluding hydrogens is 448 g/mol. The highest BCUT2D eigenvalue weighted by atomic mass is 79.9. The molecule has 1 amide bonds. The lowest BCUT2D eigenvalue weighted by Gasteiger charge is -2.22. The highest BCUT2D eigenvalue weighted by Gasteiger charge is 2.23. The monoisotopic (exact) mass is 470 g/mol. The Kier molecular flexibility index (Phi) is 6.25. The normalized spacial score (nSPS) is 14.7. The molecule has 150 valence electrons. The van der Waals surface area contributed by atoms with Gasteiger partial charge in [0.1, 0.15) is 5.82 Å². The van der Waals surface area contributed by atoms with E-state index in [-0.39, 0.29) is 5.91 Å². The summed E-state index contributed by atoms with van der Waals surface area (Å²) in [6, 6.07) is 16.1. The maximum Gasteiger partial charge on any atom is 0.255 e. The molecule has 0 spiro atoms. The Bertz CT molecular complexity index is 988. The minimum Gasteiger partial charge on any atom is -0.345 e. The Labute approximate surface area is 183 Å². The standard InChI is InChI=1S/C22H23BrN4OS/c1-16-7-9-17(10-8-16)15-20-24-22(29-25-20)27-12-4-11-26(13-14-27)21(28)18-5-2-3-6-19(18)23/h2-3,5-10H,4,11-15H2,1H3. The molecule has 1 aliphatic heterocycles. The summed E-state index contributed by atoms with van der Waals surface area (Å²) in [5.41, 5.74) is 3.20. The fourth-order valence-corrected chi connectivity index (χ4v) is 4.64. The molecule has 7 heteroatoms. The molecule has 0 atom stereocenters. The van der Waals surface area contributed by atoms with Gasteiger partial charge in [-0.25, -0.2) is 4.98 Å². The first-order chi connectivity index (χ1) is 14.1. The van der Waals surface area contributed by atoms with E-state index in [2.05, 4.69) is 56.4 Å². The summed E-state index contributed by atoms with van der Waals surface area (Å²) >= 11 is 4.94. The quantitative estimate of drug-likeness (QED) is 0.560. The molecule has 1 aliphatic rings. The molecular formula is C22H23BrN4OS. The Balaban J connectivity index is 1.40. The van der Waals surface area contributed by atoms with Crippen molar-refractivity contribution < 1.29 is 4.79 Å². The highest BCUT2D eigenvalue weighted by Crippen LogP contribution is 2.23. The van der Waals surface area contributed by atoms with Gasteiger partial charge in [0.05, 0.1) is 5.56 Å². The van der Waals surface area contributed by atoms with Crippen molar-refractivity contribution in [3.63, 3.8) is 0 Å². The summed E-state index contributed by atoms with van der Waals surface area (Å²) in [6.07, 6.45) is 1.67. The third-order valence-corrected chi connectivity index (χ3v) is 6.60. The van der Waals surface area contributed by atoms with E-state index in [1.165, 1.54) is 22.7 Å². The summed E-state index contributed by atoms with van der Waals surface area (Å²) in [7, 11) is 0. The molecule has 0 N–H and O–H groups in total. The second-order valence-electron chi connectivity index (χ2n) is 7.27. The van der Waals surface area contributed by atoms with E-state index in [1.807, 2.05) is 29.2 Å². The van der Waals surface area contributed by atoms with Crippen LogP contribution < -0.4 is 4.90 Å². The van der Waals surface area contributed by atoms with Crippen molar-refractivity contribution in [2.24, 2.45) is 0 Å². The predicted octanol–water partition coefficient (Wildman–Crippen LogP) is 4.55. The van der Waals surface area contributed by atoms with E-state index in [1.54, 1.807) is 0 Å². The molecule has 3 aromatic rings. The maximum absolute atomic E-state index is 12.9. The number of carbonyl (C=O) groups is 1. The van der Waals surface area contributed by atoms with Crippen molar-refractivity contribution in [1.82, 2.24) is 14.3 Å². The topological polar surface area (TPSA) is 49.3 Å². The van der Waals surface area contributed by atoms with Crippen LogP contribution in [0.4, 0.5) is 5.13 Å². The smallest absolute Gasteiger partial charge is 0.255 e. The Morgan fingerprint density at radius 2 is 1.86 bits per heavy atom. The van der Waals surface area contributed by atoms with E-state index in [0.717, 1.165) is 53.5 Å². The first-order valence-corrected chi connectivity index (χ1v) is 11.3. The summed E-state index contributed by atoms with van der Waals surface area (Å²) in [5.74, 6) is 0.941. The number of amides is 1. The van der Waals surface area contributed by atoms with E-state index < -0.39 is 0 Å².